The molecule has 0 aliphatic carbocycles. The van der Waals surface area contributed by atoms with Crippen molar-refractivity contribution in [2.45, 2.75) is 44.9 Å². The molecular weight excluding hydrogens is 489 g/mol. The summed E-state index contributed by atoms with van der Waals surface area (Å²) in [6.45, 7) is 8.37. The van der Waals surface area contributed by atoms with E-state index in [2.05, 4.69) is 55.9 Å². The summed E-state index contributed by atoms with van der Waals surface area (Å²) >= 11 is 1.74. The van der Waals surface area contributed by atoms with Gasteiger partial charge in [-0.25, -0.2) is 4.99 Å². The Balaban J connectivity index is 0.00000392. The van der Waals surface area contributed by atoms with Crippen LogP contribution in [0.1, 0.15) is 44.2 Å². The van der Waals surface area contributed by atoms with Crippen LogP contribution in [0.3, 0.4) is 0 Å². The Morgan fingerprint density at radius 2 is 2.04 bits per heavy atom. The number of halogens is 1. The monoisotopic (exact) mass is 519 g/mol. The van der Waals surface area contributed by atoms with Gasteiger partial charge in [0.1, 0.15) is 12.6 Å². The first kappa shape index (κ1) is 24.7. The number of hydrogen-bond acceptors (Lipinski definition) is 6. The third-order valence-corrected chi connectivity index (χ3v) is 4.65. The summed E-state index contributed by atoms with van der Waals surface area (Å²) in [6, 6.07) is 8.56. The van der Waals surface area contributed by atoms with Crippen LogP contribution in [0.25, 0.3) is 0 Å². The van der Waals surface area contributed by atoms with Gasteiger partial charge in [0.2, 0.25) is 5.89 Å². The summed E-state index contributed by atoms with van der Waals surface area (Å²) in [5.74, 6) is 1.82. The summed E-state index contributed by atoms with van der Waals surface area (Å²) in [4.78, 5) is 12.3. The second-order valence-electron chi connectivity index (χ2n) is 6.02. The van der Waals surface area contributed by atoms with Gasteiger partial charge >= 0.3 is 0 Å². The van der Waals surface area contributed by atoms with E-state index < -0.39 is 0 Å². The highest BCUT2D eigenvalue weighted by Gasteiger charge is 2.14. The Morgan fingerprint density at radius 1 is 1.32 bits per heavy atom. The zero-order valence-electron chi connectivity index (χ0n) is 17.1. The van der Waals surface area contributed by atoms with Crippen LogP contribution in [0.5, 0.6) is 0 Å². The number of hydrogen-bond donors (Lipinski definition) is 1. The van der Waals surface area contributed by atoms with Gasteiger partial charge in [-0.2, -0.15) is 4.98 Å². The van der Waals surface area contributed by atoms with Gasteiger partial charge in [0.05, 0.1) is 0 Å². The Hall–Kier alpha value is -1.33. The lowest BCUT2D eigenvalue weighted by Crippen LogP contribution is -2.38. The maximum absolute atomic E-state index is 5.48. The molecule has 2 rings (SSSR count). The van der Waals surface area contributed by atoms with Crippen LogP contribution in [0, 0.1) is 0 Å². The van der Waals surface area contributed by atoms with Crippen LogP contribution in [0.4, 0.5) is 0 Å². The number of rotatable bonds is 9. The van der Waals surface area contributed by atoms with Gasteiger partial charge in [0.25, 0.3) is 0 Å². The molecule has 0 saturated heterocycles. The Bertz CT molecular complexity index is 723. The number of nitrogens with one attached hydrogen (secondary N) is 1. The van der Waals surface area contributed by atoms with Gasteiger partial charge in [0.15, 0.2) is 11.8 Å². The van der Waals surface area contributed by atoms with Crippen LogP contribution in [-0.2, 0) is 17.8 Å². The number of aromatic nitrogens is 2. The third kappa shape index (κ3) is 7.59. The van der Waals surface area contributed by atoms with E-state index >= 15 is 0 Å². The van der Waals surface area contributed by atoms with Crippen molar-refractivity contribution in [2.75, 3.05) is 26.5 Å². The van der Waals surface area contributed by atoms with Gasteiger partial charge in [-0.05, 0) is 44.7 Å². The minimum absolute atomic E-state index is 0. The van der Waals surface area contributed by atoms with Crippen LogP contribution in [-0.4, -0.2) is 47.5 Å². The van der Waals surface area contributed by atoms with Crippen molar-refractivity contribution in [3.05, 3.63) is 41.5 Å². The predicted molar refractivity (Wildman–Crippen MR) is 124 cm³/mol. The molecule has 1 aromatic carbocycles. The number of aliphatic imine (C=N–C) groups is 1. The minimum Gasteiger partial charge on any atom is -0.371 e. The first-order chi connectivity index (χ1) is 13.1. The average Bonchev–Trinajstić information content (AvgIpc) is 3.15. The molecule has 1 aromatic heterocycles. The van der Waals surface area contributed by atoms with Crippen molar-refractivity contribution in [2.24, 2.45) is 4.99 Å². The summed E-state index contributed by atoms with van der Waals surface area (Å²) in [7, 11) is 2.01. The maximum Gasteiger partial charge on any atom is 0.248 e. The molecular formula is C19H30IN5O2S. The van der Waals surface area contributed by atoms with Crippen LogP contribution >= 0.6 is 35.7 Å². The predicted octanol–water partition coefficient (Wildman–Crippen LogP) is 4.10. The van der Waals surface area contributed by atoms with Gasteiger partial charge in [-0.15, -0.1) is 35.7 Å². The molecule has 0 aliphatic rings. The van der Waals surface area contributed by atoms with Gasteiger partial charge in [0, 0.05) is 31.6 Å². The van der Waals surface area contributed by atoms with E-state index in [4.69, 9.17) is 9.26 Å². The van der Waals surface area contributed by atoms with Gasteiger partial charge in [-0.3, -0.25) is 0 Å². The van der Waals surface area contributed by atoms with Crippen molar-refractivity contribution < 1.29 is 9.26 Å². The average molecular weight is 519 g/mol. The zero-order chi connectivity index (χ0) is 19.6. The van der Waals surface area contributed by atoms with E-state index in [-0.39, 0.29) is 30.1 Å². The molecule has 28 heavy (non-hydrogen) atoms. The first-order valence-electron chi connectivity index (χ1n) is 9.13. The van der Waals surface area contributed by atoms with E-state index in [1.807, 2.05) is 27.8 Å². The second-order valence-corrected chi connectivity index (χ2v) is 6.90. The normalized spacial score (nSPS) is 12.4. The summed E-state index contributed by atoms with van der Waals surface area (Å²) in [6.07, 6.45) is 1.89. The molecule has 156 valence electrons. The lowest BCUT2D eigenvalue weighted by Gasteiger charge is -2.22. The minimum atomic E-state index is -0.184. The zero-order valence-corrected chi connectivity index (χ0v) is 20.3. The Kier molecular flexibility index (Phi) is 11.5. The topological polar surface area (TPSA) is 75.8 Å². The molecule has 0 radical (unpaired) electrons. The molecule has 0 bridgehead atoms. The molecule has 0 spiro atoms. The molecule has 1 N–H and O–H groups in total. The lowest BCUT2D eigenvalue weighted by molar-refractivity contribution is 0.0683. The fourth-order valence-corrected chi connectivity index (χ4v) is 2.92. The number of nitrogens with zero attached hydrogens (tertiary/aromatic N) is 4. The molecule has 0 fully saturated rings. The molecule has 9 heteroatoms. The van der Waals surface area contributed by atoms with Crippen molar-refractivity contribution in [3.8, 4) is 0 Å². The number of ether oxygens (including phenoxy) is 1. The van der Waals surface area contributed by atoms with E-state index in [1.165, 1.54) is 10.5 Å². The fraction of sp³-hybridized carbons (Fsp3) is 0.526. The van der Waals surface area contributed by atoms with Gasteiger partial charge < -0.3 is 19.5 Å². The highest BCUT2D eigenvalue weighted by molar-refractivity contribution is 14.0. The fourth-order valence-electron chi connectivity index (χ4n) is 2.51. The molecule has 1 atom stereocenters. The largest absolute Gasteiger partial charge is 0.371 e. The highest BCUT2D eigenvalue weighted by Crippen LogP contribution is 2.16. The molecule has 7 nitrogen and oxygen atoms in total. The van der Waals surface area contributed by atoms with Crippen LogP contribution in [0.15, 0.2) is 38.7 Å². The second kappa shape index (κ2) is 13.0. The molecule has 0 saturated carbocycles. The highest BCUT2D eigenvalue weighted by atomic mass is 127. The molecule has 0 aliphatic heterocycles. The first-order valence-corrected chi connectivity index (χ1v) is 10.4. The smallest absolute Gasteiger partial charge is 0.248 e. The van der Waals surface area contributed by atoms with Crippen LogP contribution in [0.2, 0.25) is 0 Å². The van der Waals surface area contributed by atoms with E-state index in [0.717, 1.165) is 19.0 Å². The summed E-state index contributed by atoms with van der Waals surface area (Å²) in [5, 5.41) is 7.27. The standard InChI is InChI=1S/C19H29N5O2S.HI/c1-6-20-19(24(4)13-15-8-10-16(27-5)11-9-15)21-12-17-22-18(23-26-17)14(3)25-7-2;/h8-11,14H,6-7,12-13H2,1-5H3,(H,20,21);1H. The summed E-state index contributed by atoms with van der Waals surface area (Å²) in [5.41, 5.74) is 1.23. The van der Waals surface area contributed by atoms with E-state index in [0.29, 0.717) is 24.9 Å². The number of guanidine groups is 1. The molecule has 1 unspecified atom stereocenters. The Labute approximate surface area is 188 Å². The van der Waals surface area contributed by atoms with Gasteiger partial charge in [-0.1, -0.05) is 17.3 Å². The molecule has 1 heterocycles. The molecule has 2 aromatic rings. The van der Waals surface area contributed by atoms with Crippen molar-refractivity contribution in [1.82, 2.24) is 20.4 Å². The SMILES string of the molecule is CCNC(=NCc1nc(C(C)OCC)no1)N(C)Cc1ccc(SC)cc1.I. The summed E-state index contributed by atoms with van der Waals surface area (Å²) < 4.78 is 10.8. The number of benzene rings is 1. The maximum atomic E-state index is 5.48. The van der Waals surface area contributed by atoms with Crippen LogP contribution < -0.4 is 5.32 Å². The Morgan fingerprint density at radius 3 is 2.64 bits per heavy atom. The number of thioether (sulfide) groups is 1. The quantitative estimate of drug-likeness (QED) is 0.231. The van der Waals surface area contributed by atoms with Crippen molar-refractivity contribution >= 4 is 41.7 Å². The molecule has 0 amide bonds. The van der Waals surface area contributed by atoms with E-state index in [9.17, 15) is 0 Å². The third-order valence-electron chi connectivity index (χ3n) is 3.90. The van der Waals surface area contributed by atoms with Crippen molar-refractivity contribution in [1.29, 1.82) is 0 Å². The van der Waals surface area contributed by atoms with Crippen molar-refractivity contribution in [3.63, 3.8) is 0 Å². The van der Waals surface area contributed by atoms with E-state index in [1.54, 1.807) is 11.8 Å². The lowest BCUT2D eigenvalue weighted by atomic mass is 10.2.